The lowest BCUT2D eigenvalue weighted by molar-refractivity contribution is -0.00588. The fourth-order valence-corrected chi connectivity index (χ4v) is 8.04. The van der Waals surface area contributed by atoms with Crippen molar-refractivity contribution in [1.29, 1.82) is 5.41 Å². The first kappa shape index (κ1) is 17.2. The van der Waals surface area contributed by atoms with Crippen molar-refractivity contribution in [2.75, 3.05) is 0 Å². The Morgan fingerprint density at radius 3 is 2.31 bits per heavy atom. The molecule has 0 saturated heterocycles. The maximum atomic E-state index is 8.52. The van der Waals surface area contributed by atoms with Crippen molar-refractivity contribution in [2.24, 2.45) is 29.1 Å². The van der Waals surface area contributed by atoms with Gasteiger partial charge in [-0.15, -0.1) is 0 Å². The Bertz CT molecular complexity index is 761. The van der Waals surface area contributed by atoms with Crippen molar-refractivity contribution in [2.45, 2.75) is 84.1 Å². The van der Waals surface area contributed by atoms with E-state index < -0.39 is 0 Å². The van der Waals surface area contributed by atoms with Crippen LogP contribution in [-0.2, 0) is 12.0 Å². The number of aromatic nitrogens is 2. The van der Waals surface area contributed by atoms with Gasteiger partial charge in [-0.2, -0.15) is 5.10 Å². The monoisotopic (exact) mass is 371 g/mol. The van der Waals surface area contributed by atoms with E-state index in [0.29, 0.717) is 21.5 Å². The Hall–Kier alpha value is -0.900. The molecule has 4 saturated carbocycles. The van der Waals surface area contributed by atoms with Crippen molar-refractivity contribution in [3.63, 3.8) is 0 Å². The Labute approximate surface area is 161 Å². The fourth-order valence-electron chi connectivity index (χ4n) is 7.01. The zero-order chi connectivity index (χ0) is 18.1. The van der Waals surface area contributed by atoms with Gasteiger partial charge in [0.25, 0.3) is 0 Å². The maximum absolute atomic E-state index is 8.52. The molecule has 4 bridgehead atoms. The molecular formula is C22H33N3S. The van der Waals surface area contributed by atoms with Crippen LogP contribution in [0.1, 0.15) is 77.1 Å². The van der Waals surface area contributed by atoms with E-state index in [0.717, 1.165) is 30.7 Å². The Morgan fingerprint density at radius 1 is 1.15 bits per heavy atom. The van der Waals surface area contributed by atoms with Crippen LogP contribution in [0.4, 0.5) is 0 Å². The fraction of sp³-hybridized carbons (Fsp3) is 0.818. The summed E-state index contributed by atoms with van der Waals surface area (Å²) >= 11 is 1.69. The molecule has 1 aromatic rings. The van der Waals surface area contributed by atoms with Crippen LogP contribution in [0.2, 0.25) is 0 Å². The molecule has 0 aromatic carbocycles. The van der Waals surface area contributed by atoms with E-state index in [1.165, 1.54) is 55.5 Å². The van der Waals surface area contributed by atoms with E-state index in [-0.39, 0.29) is 0 Å². The average molecular weight is 372 g/mol. The first-order chi connectivity index (χ1) is 12.4. The lowest BCUT2D eigenvalue weighted by Gasteiger charge is -2.55. The first-order valence-electron chi connectivity index (χ1n) is 10.7. The van der Waals surface area contributed by atoms with Crippen molar-refractivity contribution in [3.05, 3.63) is 21.5 Å². The van der Waals surface area contributed by atoms with E-state index in [2.05, 4.69) is 26.8 Å². The molecule has 26 heavy (non-hydrogen) atoms. The van der Waals surface area contributed by atoms with E-state index >= 15 is 0 Å². The minimum Gasteiger partial charge on any atom is -0.274 e. The summed E-state index contributed by atoms with van der Waals surface area (Å²) in [7, 11) is 0. The number of allylic oxidation sites excluding steroid dienone is 2. The SMILES string of the molecule is CC1=CC[C@@H](CCn2nc(C34CC5CC(CC(C5)C3)C4)sc2=N)C1(C)C. The normalized spacial score (nSPS) is 40.2. The highest BCUT2D eigenvalue weighted by atomic mass is 32.1. The second-order valence-corrected chi connectivity index (χ2v) is 11.4. The van der Waals surface area contributed by atoms with Gasteiger partial charge in [-0.25, -0.2) is 4.68 Å². The van der Waals surface area contributed by atoms with Gasteiger partial charge in [0, 0.05) is 12.0 Å². The Balaban J connectivity index is 1.34. The number of aryl methyl sites for hydroxylation is 1. The summed E-state index contributed by atoms with van der Waals surface area (Å²) in [6.07, 6.45) is 13.2. The summed E-state index contributed by atoms with van der Waals surface area (Å²) < 4.78 is 2.03. The number of hydrogen-bond donors (Lipinski definition) is 1. The molecule has 6 rings (SSSR count). The maximum Gasteiger partial charge on any atom is 0.200 e. The van der Waals surface area contributed by atoms with Gasteiger partial charge in [0.1, 0.15) is 5.01 Å². The van der Waals surface area contributed by atoms with Crippen LogP contribution in [0.15, 0.2) is 11.6 Å². The molecule has 4 fully saturated rings. The van der Waals surface area contributed by atoms with Crippen molar-refractivity contribution >= 4 is 11.3 Å². The molecule has 1 N–H and O–H groups in total. The molecular weight excluding hydrogens is 338 g/mol. The van der Waals surface area contributed by atoms with Gasteiger partial charge < -0.3 is 0 Å². The lowest BCUT2D eigenvalue weighted by atomic mass is 9.50. The minimum absolute atomic E-state index is 0.307. The topological polar surface area (TPSA) is 41.7 Å². The summed E-state index contributed by atoms with van der Waals surface area (Å²) in [6, 6.07) is 0. The third-order valence-electron chi connectivity index (χ3n) is 8.57. The summed E-state index contributed by atoms with van der Waals surface area (Å²) in [6.45, 7) is 7.95. The predicted octanol–water partition coefficient (Wildman–Crippen LogP) is 5.27. The second-order valence-electron chi connectivity index (χ2n) is 10.5. The predicted molar refractivity (Wildman–Crippen MR) is 106 cm³/mol. The number of nitrogens with one attached hydrogen (secondary N) is 1. The van der Waals surface area contributed by atoms with Crippen molar-refractivity contribution in [1.82, 2.24) is 9.78 Å². The molecule has 1 atom stereocenters. The summed E-state index contributed by atoms with van der Waals surface area (Å²) in [5.41, 5.74) is 2.18. The molecule has 0 unspecified atom stereocenters. The van der Waals surface area contributed by atoms with Crippen LogP contribution in [0.25, 0.3) is 0 Å². The van der Waals surface area contributed by atoms with Gasteiger partial charge in [0.15, 0.2) is 4.80 Å². The van der Waals surface area contributed by atoms with Crippen LogP contribution in [0.3, 0.4) is 0 Å². The molecule has 5 aliphatic rings. The Morgan fingerprint density at radius 2 is 1.77 bits per heavy atom. The van der Waals surface area contributed by atoms with E-state index in [4.69, 9.17) is 10.5 Å². The molecule has 3 nitrogen and oxygen atoms in total. The minimum atomic E-state index is 0.307. The smallest absolute Gasteiger partial charge is 0.200 e. The highest BCUT2D eigenvalue weighted by Crippen LogP contribution is 2.60. The molecule has 1 heterocycles. The van der Waals surface area contributed by atoms with Crippen LogP contribution >= 0.6 is 11.3 Å². The van der Waals surface area contributed by atoms with Crippen LogP contribution in [-0.4, -0.2) is 9.78 Å². The molecule has 0 aliphatic heterocycles. The van der Waals surface area contributed by atoms with Gasteiger partial charge in [-0.1, -0.05) is 36.8 Å². The number of rotatable bonds is 4. The lowest BCUT2D eigenvalue weighted by Crippen LogP contribution is -2.48. The highest BCUT2D eigenvalue weighted by molar-refractivity contribution is 7.08. The average Bonchev–Trinajstić information content (AvgIpc) is 3.05. The van der Waals surface area contributed by atoms with Crippen LogP contribution in [0, 0.1) is 34.5 Å². The van der Waals surface area contributed by atoms with Gasteiger partial charge in [0.2, 0.25) is 0 Å². The highest BCUT2D eigenvalue weighted by Gasteiger charge is 2.53. The first-order valence-corrected chi connectivity index (χ1v) is 11.5. The van der Waals surface area contributed by atoms with Gasteiger partial charge in [-0.05, 0) is 87.4 Å². The molecule has 142 valence electrons. The Kier molecular flexibility index (Phi) is 3.84. The van der Waals surface area contributed by atoms with Crippen LogP contribution in [0.5, 0.6) is 0 Å². The summed E-state index contributed by atoms with van der Waals surface area (Å²) in [5.74, 6) is 3.53. The molecule has 0 amide bonds. The second kappa shape index (κ2) is 5.80. The molecule has 0 spiro atoms. The van der Waals surface area contributed by atoms with E-state index in [1.807, 2.05) is 4.68 Å². The number of hydrogen-bond acceptors (Lipinski definition) is 3. The molecule has 5 aliphatic carbocycles. The van der Waals surface area contributed by atoms with E-state index in [9.17, 15) is 0 Å². The zero-order valence-corrected chi connectivity index (χ0v) is 17.4. The summed E-state index contributed by atoms with van der Waals surface area (Å²) in [4.78, 5) is 0.677. The van der Waals surface area contributed by atoms with Crippen molar-refractivity contribution < 1.29 is 0 Å². The van der Waals surface area contributed by atoms with E-state index in [1.54, 1.807) is 11.3 Å². The summed E-state index contributed by atoms with van der Waals surface area (Å²) in [5, 5.41) is 14.9. The molecule has 1 aromatic heterocycles. The van der Waals surface area contributed by atoms with Gasteiger partial charge in [-0.3, -0.25) is 5.41 Å². The zero-order valence-electron chi connectivity index (χ0n) is 16.6. The molecule has 0 radical (unpaired) electrons. The standard InChI is InChI=1S/C22H33N3S/c1-14-4-5-18(21(14,2)3)6-7-25-20(23)26-19(24-25)22-11-15-8-16(12-22)10-17(9-15)13-22/h4,15-18,23H,5-13H2,1-3H3/t15?,16?,17?,18-,22?/m0/s1. The van der Waals surface area contributed by atoms with Crippen molar-refractivity contribution in [3.8, 4) is 0 Å². The molecule has 4 heteroatoms. The third kappa shape index (κ3) is 2.58. The van der Waals surface area contributed by atoms with Gasteiger partial charge in [0.05, 0.1) is 0 Å². The van der Waals surface area contributed by atoms with Gasteiger partial charge >= 0.3 is 0 Å². The third-order valence-corrected chi connectivity index (χ3v) is 9.68. The number of nitrogens with zero attached hydrogens (tertiary/aromatic N) is 2. The van der Waals surface area contributed by atoms with Crippen LogP contribution < -0.4 is 4.80 Å². The quantitative estimate of drug-likeness (QED) is 0.719. The largest absolute Gasteiger partial charge is 0.274 e.